The minimum Gasteiger partial charge on any atom is -0.326 e. The number of nitrogens with zero attached hydrogens (tertiary/aromatic N) is 2. The zero-order valence-electron chi connectivity index (χ0n) is 10.4. The van der Waals surface area contributed by atoms with Crippen LogP contribution in [0.3, 0.4) is 0 Å². The van der Waals surface area contributed by atoms with Crippen molar-refractivity contribution < 1.29 is 8.42 Å². The van der Waals surface area contributed by atoms with E-state index in [4.69, 9.17) is 23.2 Å². The maximum Gasteiger partial charge on any atom is 0.147 e. The number of aromatic nitrogens is 2. The lowest BCUT2D eigenvalue weighted by Crippen LogP contribution is -2.09. The summed E-state index contributed by atoms with van der Waals surface area (Å²) in [4.78, 5) is 4.40. The van der Waals surface area contributed by atoms with Gasteiger partial charge in [0.2, 0.25) is 0 Å². The molecule has 0 spiro atoms. The highest BCUT2D eigenvalue weighted by Crippen LogP contribution is 2.25. The molecule has 0 amide bonds. The van der Waals surface area contributed by atoms with Gasteiger partial charge >= 0.3 is 0 Å². The molecule has 7 heteroatoms. The molecule has 0 N–H and O–H groups in total. The standard InChI is InChI=1S/C12H14Cl2N2O2S/c1-19(17,18)7-3-6-16-11(8-13)15-10-5-2-4-9(14)12(10)16/h2,4-5H,3,6-8H2,1H3. The Hall–Kier alpha value is -0.780. The molecule has 0 atom stereocenters. The third-order valence-electron chi connectivity index (χ3n) is 2.81. The molecule has 0 aliphatic rings. The minimum atomic E-state index is -2.96. The summed E-state index contributed by atoms with van der Waals surface area (Å²) in [6.45, 7) is 0.537. The fraction of sp³-hybridized carbons (Fsp3) is 0.417. The number of alkyl halides is 1. The number of fused-ring (bicyclic) bond motifs is 1. The first-order valence-corrected chi connectivity index (χ1v) is 8.77. The predicted octanol–water partition coefficient (Wildman–Crippen LogP) is 2.86. The van der Waals surface area contributed by atoms with E-state index >= 15 is 0 Å². The lowest BCUT2D eigenvalue weighted by Gasteiger charge is -2.08. The highest BCUT2D eigenvalue weighted by Gasteiger charge is 2.13. The summed E-state index contributed by atoms with van der Waals surface area (Å²) in [7, 11) is -2.96. The molecule has 0 saturated heterocycles. The van der Waals surface area contributed by atoms with Gasteiger partial charge in [-0.25, -0.2) is 13.4 Å². The molecule has 1 heterocycles. The molecular formula is C12H14Cl2N2O2S. The molecule has 0 saturated carbocycles. The molecule has 0 bridgehead atoms. The lowest BCUT2D eigenvalue weighted by atomic mass is 10.3. The van der Waals surface area contributed by atoms with Crippen LogP contribution in [-0.2, 0) is 22.3 Å². The Balaban J connectivity index is 2.35. The Bertz CT molecular complexity index is 695. The van der Waals surface area contributed by atoms with Crippen molar-refractivity contribution in [1.82, 2.24) is 9.55 Å². The fourth-order valence-electron chi connectivity index (χ4n) is 2.02. The molecule has 19 heavy (non-hydrogen) atoms. The number of rotatable bonds is 5. The Kier molecular flexibility index (Phi) is 4.38. The van der Waals surface area contributed by atoms with E-state index in [1.165, 1.54) is 6.26 Å². The molecule has 0 unspecified atom stereocenters. The molecule has 2 aromatic rings. The van der Waals surface area contributed by atoms with Gasteiger partial charge in [-0.15, -0.1) is 11.6 Å². The quantitative estimate of drug-likeness (QED) is 0.796. The van der Waals surface area contributed by atoms with E-state index in [1.54, 1.807) is 6.07 Å². The molecule has 0 aliphatic heterocycles. The van der Waals surface area contributed by atoms with Crippen LogP contribution in [0.4, 0.5) is 0 Å². The van der Waals surface area contributed by atoms with Crippen LogP contribution in [0.25, 0.3) is 11.0 Å². The summed E-state index contributed by atoms with van der Waals surface area (Å²) in [6.07, 6.45) is 1.74. The van der Waals surface area contributed by atoms with Crippen LogP contribution < -0.4 is 0 Å². The van der Waals surface area contributed by atoms with Crippen molar-refractivity contribution in [3.05, 3.63) is 29.0 Å². The van der Waals surface area contributed by atoms with E-state index in [2.05, 4.69) is 4.98 Å². The Morgan fingerprint density at radius 2 is 2.11 bits per heavy atom. The lowest BCUT2D eigenvalue weighted by molar-refractivity contribution is 0.591. The van der Waals surface area contributed by atoms with Crippen LogP contribution in [0, 0.1) is 0 Å². The van der Waals surface area contributed by atoms with Crippen molar-refractivity contribution in [1.29, 1.82) is 0 Å². The number of benzene rings is 1. The summed E-state index contributed by atoms with van der Waals surface area (Å²) in [5.74, 6) is 1.11. The second kappa shape index (κ2) is 5.69. The number of halogens is 2. The average Bonchev–Trinajstić information content (AvgIpc) is 2.67. The molecule has 1 aromatic heterocycles. The van der Waals surface area contributed by atoms with E-state index in [0.717, 1.165) is 11.0 Å². The summed E-state index contributed by atoms with van der Waals surface area (Å²) in [5.41, 5.74) is 1.59. The van der Waals surface area contributed by atoms with Crippen LogP contribution >= 0.6 is 23.2 Å². The smallest absolute Gasteiger partial charge is 0.147 e. The first-order valence-electron chi connectivity index (χ1n) is 5.79. The third kappa shape index (κ3) is 3.41. The van der Waals surface area contributed by atoms with Crippen LogP contribution in [0.15, 0.2) is 18.2 Å². The summed E-state index contributed by atoms with van der Waals surface area (Å²) < 4.78 is 24.2. The van der Waals surface area contributed by atoms with Gasteiger partial charge in [0.05, 0.1) is 27.7 Å². The van der Waals surface area contributed by atoms with E-state index in [-0.39, 0.29) is 11.6 Å². The largest absolute Gasteiger partial charge is 0.326 e. The number of para-hydroxylation sites is 1. The van der Waals surface area contributed by atoms with Crippen molar-refractivity contribution in [2.45, 2.75) is 18.8 Å². The Morgan fingerprint density at radius 1 is 1.37 bits per heavy atom. The van der Waals surface area contributed by atoms with Crippen LogP contribution in [0.5, 0.6) is 0 Å². The number of imidazole rings is 1. The first kappa shape index (κ1) is 14.6. The molecular weight excluding hydrogens is 307 g/mol. The SMILES string of the molecule is CS(=O)(=O)CCCn1c(CCl)nc2cccc(Cl)c21. The fourth-order valence-corrected chi connectivity index (χ4v) is 3.15. The molecule has 104 valence electrons. The number of hydrogen-bond acceptors (Lipinski definition) is 3. The highest BCUT2D eigenvalue weighted by atomic mass is 35.5. The van der Waals surface area contributed by atoms with Crippen LogP contribution in [0.1, 0.15) is 12.2 Å². The minimum absolute atomic E-state index is 0.138. The molecule has 4 nitrogen and oxygen atoms in total. The third-order valence-corrected chi connectivity index (χ3v) is 4.39. The summed E-state index contributed by atoms with van der Waals surface area (Å²) in [5, 5.41) is 0.598. The van der Waals surface area contributed by atoms with Gasteiger partial charge in [0.15, 0.2) is 0 Å². The van der Waals surface area contributed by atoms with Gasteiger partial charge in [-0.2, -0.15) is 0 Å². The number of hydrogen-bond donors (Lipinski definition) is 0. The zero-order chi connectivity index (χ0) is 14.0. The monoisotopic (exact) mass is 320 g/mol. The number of sulfone groups is 1. The molecule has 0 aliphatic carbocycles. The van der Waals surface area contributed by atoms with Gasteiger partial charge in [-0.05, 0) is 18.6 Å². The first-order chi connectivity index (χ1) is 8.92. The van der Waals surface area contributed by atoms with Gasteiger partial charge in [0, 0.05) is 12.8 Å². The maximum atomic E-state index is 11.2. The Morgan fingerprint density at radius 3 is 2.74 bits per heavy atom. The second-order valence-electron chi connectivity index (χ2n) is 4.40. The van der Waals surface area contributed by atoms with Crippen molar-refractivity contribution >= 4 is 44.1 Å². The van der Waals surface area contributed by atoms with Crippen molar-refractivity contribution in [2.24, 2.45) is 0 Å². The normalized spacial score (nSPS) is 12.2. The van der Waals surface area contributed by atoms with Crippen molar-refractivity contribution in [3.8, 4) is 0 Å². The van der Waals surface area contributed by atoms with E-state index < -0.39 is 9.84 Å². The van der Waals surface area contributed by atoms with Gasteiger partial charge in [0.25, 0.3) is 0 Å². The maximum absolute atomic E-state index is 11.2. The van der Waals surface area contributed by atoms with E-state index in [0.29, 0.717) is 23.8 Å². The zero-order valence-corrected chi connectivity index (χ0v) is 12.8. The summed E-state index contributed by atoms with van der Waals surface area (Å²) in [6, 6.07) is 5.48. The van der Waals surface area contributed by atoms with Gasteiger partial charge < -0.3 is 4.57 Å². The second-order valence-corrected chi connectivity index (χ2v) is 7.34. The average molecular weight is 321 g/mol. The predicted molar refractivity (Wildman–Crippen MR) is 78.6 cm³/mol. The van der Waals surface area contributed by atoms with Crippen molar-refractivity contribution in [3.63, 3.8) is 0 Å². The molecule has 1 aromatic carbocycles. The van der Waals surface area contributed by atoms with E-state index in [1.807, 2.05) is 16.7 Å². The Labute approximate surface area is 122 Å². The van der Waals surface area contributed by atoms with Gasteiger partial charge in [-0.1, -0.05) is 17.7 Å². The molecule has 2 rings (SSSR count). The van der Waals surface area contributed by atoms with Crippen LogP contribution in [0.2, 0.25) is 5.02 Å². The van der Waals surface area contributed by atoms with E-state index in [9.17, 15) is 8.42 Å². The highest BCUT2D eigenvalue weighted by molar-refractivity contribution is 7.90. The van der Waals surface area contributed by atoms with Gasteiger partial charge in [0.1, 0.15) is 15.7 Å². The molecule has 0 radical (unpaired) electrons. The van der Waals surface area contributed by atoms with Gasteiger partial charge in [-0.3, -0.25) is 0 Å². The van der Waals surface area contributed by atoms with Crippen LogP contribution in [-0.4, -0.2) is 30.0 Å². The summed E-state index contributed by atoms with van der Waals surface area (Å²) >= 11 is 12.1. The van der Waals surface area contributed by atoms with Crippen molar-refractivity contribution in [2.75, 3.05) is 12.0 Å². The number of aryl methyl sites for hydroxylation is 1. The molecule has 0 fully saturated rings. The topological polar surface area (TPSA) is 52.0 Å².